The first-order valence-electron chi connectivity index (χ1n) is 25.2. The van der Waals surface area contributed by atoms with Gasteiger partial charge in [-0.25, -0.2) is 0 Å². The molecule has 14 aromatic rings. The topological polar surface area (TPSA) is 24.6 Å². The van der Waals surface area contributed by atoms with Crippen LogP contribution in [0.2, 0.25) is 0 Å². The molecule has 0 unspecified atom stereocenters. The Morgan fingerprint density at radius 3 is 1.59 bits per heavy atom. The lowest BCUT2D eigenvalue weighted by Gasteiger charge is -2.26. The molecule has 0 aliphatic heterocycles. The van der Waals surface area contributed by atoms with Crippen LogP contribution >= 0.6 is 0 Å². The van der Waals surface area contributed by atoms with Crippen LogP contribution in [0.5, 0.6) is 0 Å². The van der Waals surface area contributed by atoms with E-state index in [0.29, 0.717) is 0 Å². The second-order valence-corrected chi connectivity index (χ2v) is 19.0. The van der Waals surface area contributed by atoms with Gasteiger partial charge in [0.2, 0.25) is 0 Å². The molecule has 0 atom stereocenters. The Morgan fingerprint density at radius 1 is 0.338 bits per heavy atom. The van der Waals surface area contributed by atoms with E-state index < -0.39 is 0 Å². The second kappa shape index (κ2) is 17.7. The Bertz CT molecular complexity index is 4400. The van der Waals surface area contributed by atoms with Gasteiger partial charge < -0.3 is 18.8 Å². The van der Waals surface area contributed by atoms with Gasteiger partial charge in [-0.3, -0.25) is 0 Å². The van der Waals surface area contributed by atoms with Crippen molar-refractivity contribution in [2.45, 2.75) is 0 Å². The van der Waals surface area contributed by atoms with Crippen molar-refractivity contribution in [3.8, 4) is 27.9 Å². The van der Waals surface area contributed by atoms with Gasteiger partial charge in [-0.15, -0.1) is 0 Å². The SMILES string of the molecule is C=Cc1cccc(-c2ccc3c(c2)c2cc(N(c4ccccc4)c4cc(-c5cc6ccccc6c6ccccc56)c5c(c4)oc4cc(N(c6ccccc6)c6ccccc6)ccc45)ccc2n3-c2ccccc2)c1. The van der Waals surface area contributed by atoms with Crippen molar-refractivity contribution in [2.24, 2.45) is 0 Å². The first-order chi connectivity index (χ1) is 36.6. The molecule has 0 bridgehead atoms. The third kappa shape index (κ3) is 7.23. The average molecular weight is 946 g/mol. The van der Waals surface area contributed by atoms with E-state index in [4.69, 9.17) is 4.42 Å². The lowest BCUT2D eigenvalue weighted by atomic mass is 9.90. The number of aromatic nitrogens is 1. The van der Waals surface area contributed by atoms with Crippen molar-refractivity contribution in [2.75, 3.05) is 9.80 Å². The van der Waals surface area contributed by atoms with Crippen LogP contribution in [0.25, 0.3) is 99.3 Å². The van der Waals surface area contributed by atoms with Crippen LogP contribution < -0.4 is 9.80 Å². The summed E-state index contributed by atoms with van der Waals surface area (Å²) in [7, 11) is 0. The fourth-order valence-corrected chi connectivity index (χ4v) is 11.3. The molecule has 0 aliphatic rings. The largest absolute Gasteiger partial charge is 0.456 e. The zero-order chi connectivity index (χ0) is 49.1. The number of anilines is 6. The fourth-order valence-electron chi connectivity index (χ4n) is 11.3. The van der Waals surface area contributed by atoms with E-state index in [1.54, 1.807) is 0 Å². The Kier molecular flexibility index (Phi) is 10.3. The maximum absolute atomic E-state index is 7.23. The molecule has 14 rings (SSSR count). The van der Waals surface area contributed by atoms with E-state index in [1.165, 1.54) is 26.9 Å². The first-order valence-corrected chi connectivity index (χ1v) is 25.2. The van der Waals surface area contributed by atoms with Crippen LogP contribution in [0, 0.1) is 0 Å². The predicted octanol–water partition coefficient (Wildman–Crippen LogP) is 19.9. The normalized spacial score (nSPS) is 11.6. The van der Waals surface area contributed by atoms with Gasteiger partial charge in [0.05, 0.1) is 16.7 Å². The summed E-state index contributed by atoms with van der Waals surface area (Å²) in [6.45, 7) is 4.06. The van der Waals surface area contributed by atoms with Crippen LogP contribution in [-0.4, -0.2) is 4.57 Å². The minimum absolute atomic E-state index is 0.807. The molecule has 0 aliphatic carbocycles. The molecule has 74 heavy (non-hydrogen) atoms. The zero-order valence-corrected chi connectivity index (χ0v) is 40.4. The molecule has 348 valence electrons. The standard InChI is InChI=1S/C70H47N3O/c1-2-47-20-19-22-48(40-47)49-34-38-66-63(41-49)64-43-55(36-39-67(64)73(66)54-29-13-6-14-30-54)72(53-27-11-5-12-28-53)57-44-65(62-42-50-21-15-16-31-58(50)59-32-17-18-33-60(59)62)70-61-37-35-56(45-68(61)74-69(70)46-57)71(51-23-7-3-8-24-51)52-25-9-4-10-26-52/h2-46H,1H2. The molecule has 0 radical (unpaired) electrons. The quantitative estimate of drug-likeness (QED) is 0.128. The highest BCUT2D eigenvalue weighted by molar-refractivity contribution is 6.21. The van der Waals surface area contributed by atoms with Crippen molar-refractivity contribution in [1.82, 2.24) is 4.57 Å². The minimum Gasteiger partial charge on any atom is -0.456 e. The van der Waals surface area contributed by atoms with Crippen LogP contribution in [0.4, 0.5) is 34.1 Å². The smallest absolute Gasteiger partial charge is 0.138 e. The molecule has 0 saturated carbocycles. The van der Waals surface area contributed by atoms with Gasteiger partial charge in [0.25, 0.3) is 0 Å². The van der Waals surface area contributed by atoms with Crippen molar-refractivity contribution in [3.05, 3.63) is 279 Å². The summed E-state index contributed by atoms with van der Waals surface area (Å²) in [6, 6.07) is 96.1. The molecule has 2 aromatic heterocycles. The van der Waals surface area contributed by atoms with Crippen molar-refractivity contribution < 1.29 is 4.42 Å². The third-order valence-corrected chi connectivity index (χ3v) is 14.6. The Hall–Kier alpha value is -9.90. The van der Waals surface area contributed by atoms with Crippen LogP contribution in [-0.2, 0) is 0 Å². The van der Waals surface area contributed by atoms with Gasteiger partial charge in [-0.2, -0.15) is 0 Å². The number of benzene rings is 12. The van der Waals surface area contributed by atoms with Crippen LogP contribution in [0.3, 0.4) is 0 Å². The molecule has 0 saturated heterocycles. The van der Waals surface area contributed by atoms with Crippen LogP contribution in [0.1, 0.15) is 5.56 Å². The number of para-hydroxylation sites is 4. The highest BCUT2D eigenvalue weighted by Gasteiger charge is 2.24. The van der Waals surface area contributed by atoms with E-state index in [-0.39, 0.29) is 0 Å². The minimum atomic E-state index is 0.807. The Morgan fingerprint density at radius 2 is 0.892 bits per heavy atom. The molecule has 12 aromatic carbocycles. The number of furan rings is 1. The maximum atomic E-state index is 7.23. The van der Waals surface area contributed by atoms with Gasteiger partial charge in [0.1, 0.15) is 11.2 Å². The highest BCUT2D eigenvalue weighted by atomic mass is 16.3. The predicted molar refractivity (Wildman–Crippen MR) is 313 cm³/mol. The van der Waals surface area contributed by atoms with E-state index in [2.05, 4.69) is 288 Å². The van der Waals surface area contributed by atoms with Crippen molar-refractivity contribution >= 4 is 105 Å². The Balaban J connectivity index is 1.03. The van der Waals surface area contributed by atoms with E-state index in [9.17, 15) is 0 Å². The monoisotopic (exact) mass is 945 g/mol. The number of rotatable bonds is 10. The summed E-state index contributed by atoms with van der Waals surface area (Å²) >= 11 is 0. The van der Waals surface area contributed by atoms with Crippen LogP contribution in [0.15, 0.2) is 278 Å². The van der Waals surface area contributed by atoms with Crippen molar-refractivity contribution in [1.29, 1.82) is 0 Å². The zero-order valence-electron chi connectivity index (χ0n) is 40.4. The van der Waals surface area contributed by atoms with E-state index in [1.807, 2.05) is 6.08 Å². The summed E-state index contributed by atoms with van der Waals surface area (Å²) < 4.78 is 9.62. The molecular weight excluding hydrogens is 899 g/mol. The average Bonchev–Trinajstić information content (AvgIpc) is 4.01. The fraction of sp³-hybridized carbons (Fsp3) is 0. The lowest BCUT2D eigenvalue weighted by Crippen LogP contribution is -2.10. The number of fused-ring (bicyclic) bond motifs is 9. The summed E-state index contributed by atoms with van der Waals surface area (Å²) in [5.74, 6) is 0. The summed E-state index contributed by atoms with van der Waals surface area (Å²) in [4.78, 5) is 4.68. The number of hydrogen-bond acceptors (Lipinski definition) is 3. The molecule has 0 fully saturated rings. The van der Waals surface area contributed by atoms with Gasteiger partial charge in [-0.05, 0) is 159 Å². The molecule has 2 heterocycles. The first kappa shape index (κ1) is 42.9. The summed E-state index contributed by atoms with van der Waals surface area (Å²) in [6.07, 6.45) is 1.91. The van der Waals surface area contributed by atoms with Gasteiger partial charge >= 0.3 is 0 Å². The molecule has 4 nitrogen and oxygen atoms in total. The number of hydrogen-bond donors (Lipinski definition) is 0. The van der Waals surface area contributed by atoms with Gasteiger partial charge in [0.15, 0.2) is 0 Å². The highest BCUT2D eigenvalue weighted by Crippen LogP contribution is 2.48. The summed E-state index contributed by atoms with van der Waals surface area (Å²) in [5.41, 5.74) is 16.9. The molecule has 0 N–H and O–H groups in total. The van der Waals surface area contributed by atoms with E-state index in [0.717, 1.165) is 106 Å². The molecule has 0 spiro atoms. The van der Waals surface area contributed by atoms with Gasteiger partial charge in [0, 0.05) is 67.8 Å². The number of nitrogens with zero attached hydrogens (tertiary/aromatic N) is 3. The van der Waals surface area contributed by atoms with Crippen molar-refractivity contribution in [3.63, 3.8) is 0 Å². The second-order valence-electron chi connectivity index (χ2n) is 19.0. The third-order valence-electron chi connectivity index (χ3n) is 14.6. The Labute approximate surface area is 429 Å². The molecule has 4 heteroatoms. The lowest BCUT2D eigenvalue weighted by molar-refractivity contribution is 0.669. The molecule has 0 amide bonds. The van der Waals surface area contributed by atoms with E-state index >= 15 is 0 Å². The summed E-state index contributed by atoms with van der Waals surface area (Å²) in [5, 5.41) is 9.27. The van der Waals surface area contributed by atoms with Gasteiger partial charge in [-0.1, -0.05) is 158 Å². The maximum Gasteiger partial charge on any atom is 0.138 e. The molecular formula is C70H47N3O.